The van der Waals surface area contributed by atoms with E-state index >= 15 is 0 Å². The Morgan fingerprint density at radius 1 is 1.26 bits per heavy atom. The summed E-state index contributed by atoms with van der Waals surface area (Å²) in [6.07, 6.45) is 9.00. The second kappa shape index (κ2) is 4.80. The van der Waals surface area contributed by atoms with Crippen LogP contribution in [0.1, 0.15) is 25.5 Å². The maximum atomic E-state index is 5.92. The first kappa shape index (κ1) is 11.8. The molecule has 0 aliphatic heterocycles. The molecule has 0 aliphatic rings. The molecule has 0 fully saturated rings. The number of unbranched alkanes of at least 4 members (excludes halogenated alkanes) is 1. The van der Waals surface area contributed by atoms with Crippen LogP contribution < -0.4 is 5.73 Å². The zero-order valence-electron chi connectivity index (χ0n) is 11.1. The van der Waals surface area contributed by atoms with E-state index in [0.29, 0.717) is 0 Å². The normalized spacial score (nSPS) is 11.2. The molecule has 0 radical (unpaired) electrons. The van der Waals surface area contributed by atoms with Gasteiger partial charge in [-0.15, -0.1) is 0 Å². The first-order valence-electron chi connectivity index (χ1n) is 6.68. The van der Waals surface area contributed by atoms with Crippen LogP contribution in [0.5, 0.6) is 0 Å². The molecular weight excluding hydrogens is 236 g/mol. The van der Waals surface area contributed by atoms with Gasteiger partial charge in [-0.3, -0.25) is 4.68 Å². The van der Waals surface area contributed by atoms with Gasteiger partial charge in [-0.05, 0) is 31.0 Å². The van der Waals surface area contributed by atoms with Crippen LogP contribution >= 0.6 is 0 Å². The zero-order chi connectivity index (χ0) is 13.2. The number of aromatic nitrogens is 3. The summed E-state index contributed by atoms with van der Waals surface area (Å²) in [5.41, 5.74) is 9.12. The van der Waals surface area contributed by atoms with Crippen LogP contribution in [0.25, 0.3) is 10.9 Å². The monoisotopic (exact) mass is 254 g/mol. The van der Waals surface area contributed by atoms with Gasteiger partial charge in [0.2, 0.25) is 0 Å². The van der Waals surface area contributed by atoms with Crippen LogP contribution in [0.2, 0.25) is 0 Å². The lowest BCUT2D eigenvalue weighted by atomic mass is 10.2. The van der Waals surface area contributed by atoms with E-state index in [-0.39, 0.29) is 0 Å². The number of imidazole rings is 1. The lowest BCUT2D eigenvalue weighted by molar-refractivity contribution is 0.629. The van der Waals surface area contributed by atoms with Gasteiger partial charge >= 0.3 is 0 Å². The fraction of sp³-hybridized carbons (Fsp3) is 0.267. The van der Waals surface area contributed by atoms with Crippen molar-refractivity contribution in [3.8, 4) is 0 Å². The Bertz CT molecular complexity index is 680. The Hall–Kier alpha value is -2.23. The number of anilines is 1. The van der Waals surface area contributed by atoms with Crippen molar-refractivity contribution in [2.75, 3.05) is 5.73 Å². The number of nitrogen functional groups attached to an aromatic ring is 1. The Morgan fingerprint density at radius 3 is 2.89 bits per heavy atom. The van der Waals surface area contributed by atoms with Crippen molar-refractivity contribution in [2.24, 2.45) is 0 Å². The summed E-state index contributed by atoms with van der Waals surface area (Å²) in [7, 11) is 0. The third kappa shape index (κ3) is 2.10. The molecule has 0 unspecified atom stereocenters. The summed E-state index contributed by atoms with van der Waals surface area (Å²) in [6.45, 7) is 2.21. The summed E-state index contributed by atoms with van der Waals surface area (Å²) in [6, 6.07) is 8.28. The van der Waals surface area contributed by atoms with Gasteiger partial charge < -0.3 is 5.73 Å². The van der Waals surface area contributed by atoms with Gasteiger partial charge in [0.05, 0.1) is 5.52 Å². The highest BCUT2D eigenvalue weighted by atomic mass is 15.5. The van der Waals surface area contributed by atoms with Crippen LogP contribution in [0.15, 0.2) is 43.0 Å². The first-order valence-corrected chi connectivity index (χ1v) is 6.68. The molecule has 2 N–H and O–H groups in total. The van der Waals surface area contributed by atoms with Crippen LogP contribution in [0.4, 0.5) is 5.69 Å². The minimum atomic E-state index is 0.786. The molecule has 0 saturated carbocycles. The molecule has 0 amide bonds. The molecule has 19 heavy (non-hydrogen) atoms. The third-order valence-electron chi connectivity index (χ3n) is 3.38. The number of benzene rings is 1. The highest BCUT2D eigenvalue weighted by molar-refractivity contribution is 5.84. The van der Waals surface area contributed by atoms with Gasteiger partial charge in [-0.25, -0.2) is 9.66 Å². The molecule has 4 heteroatoms. The SMILES string of the molecule is CCCCc1cc2ccc(N)cc2n1-n1ccnc1. The van der Waals surface area contributed by atoms with Gasteiger partial charge in [-0.1, -0.05) is 19.4 Å². The molecule has 2 aromatic heterocycles. The average Bonchev–Trinajstić information content (AvgIpc) is 3.02. The lowest BCUT2D eigenvalue weighted by Crippen LogP contribution is -2.10. The fourth-order valence-corrected chi connectivity index (χ4v) is 2.44. The van der Waals surface area contributed by atoms with Crippen LogP contribution in [0, 0.1) is 0 Å². The van der Waals surface area contributed by atoms with Crippen molar-refractivity contribution in [1.82, 2.24) is 14.3 Å². The topological polar surface area (TPSA) is 48.8 Å². The molecule has 1 aromatic carbocycles. The number of hydrogen-bond donors (Lipinski definition) is 1. The van der Waals surface area contributed by atoms with E-state index in [9.17, 15) is 0 Å². The van der Waals surface area contributed by atoms with Gasteiger partial charge in [0.15, 0.2) is 0 Å². The Kier molecular flexibility index (Phi) is 2.99. The quantitative estimate of drug-likeness (QED) is 0.727. The molecule has 0 aliphatic carbocycles. The van der Waals surface area contributed by atoms with Crippen LogP contribution in [0.3, 0.4) is 0 Å². The molecular formula is C15H18N4. The molecule has 3 rings (SSSR count). The van der Waals surface area contributed by atoms with E-state index in [4.69, 9.17) is 5.73 Å². The Balaban J connectivity index is 2.21. The molecule has 98 valence electrons. The minimum Gasteiger partial charge on any atom is -0.399 e. The van der Waals surface area contributed by atoms with E-state index in [2.05, 4.69) is 28.7 Å². The lowest BCUT2D eigenvalue weighted by Gasteiger charge is -2.11. The zero-order valence-corrected chi connectivity index (χ0v) is 11.1. The van der Waals surface area contributed by atoms with Gasteiger partial charge in [-0.2, -0.15) is 0 Å². The maximum Gasteiger partial charge on any atom is 0.115 e. The average molecular weight is 254 g/mol. The smallest absolute Gasteiger partial charge is 0.115 e. The van der Waals surface area contributed by atoms with Crippen LogP contribution in [-0.2, 0) is 6.42 Å². The van der Waals surface area contributed by atoms with Crippen molar-refractivity contribution < 1.29 is 0 Å². The van der Waals surface area contributed by atoms with Crippen molar-refractivity contribution in [3.05, 3.63) is 48.7 Å². The van der Waals surface area contributed by atoms with Gasteiger partial charge in [0, 0.05) is 29.2 Å². The number of aryl methyl sites for hydroxylation is 1. The number of rotatable bonds is 4. The van der Waals surface area contributed by atoms with Crippen molar-refractivity contribution in [1.29, 1.82) is 0 Å². The molecule has 4 nitrogen and oxygen atoms in total. The molecule has 2 heterocycles. The van der Waals surface area contributed by atoms with E-state index in [1.165, 1.54) is 23.9 Å². The van der Waals surface area contributed by atoms with E-state index in [0.717, 1.165) is 17.6 Å². The van der Waals surface area contributed by atoms with Gasteiger partial charge in [0.1, 0.15) is 6.33 Å². The largest absolute Gasteiger partial charge is 0.399 e. The summed E-state index contributed by atoms with van der Waals surface area (Å²) < 4.78 is 4.20. The number of nitrogens with two attached hydrogens (primary N) is 1. The standard InChI is InChI=1S/C15H18N4/c1-2-3-4-14-9-12-5-6-13(16)10-15(12)19(14)18-8-7-17-11-18/h5-11H,2-4,16H2,1H3. The molecule has 3 aromatic rings. The predicted octanol–water partition coefficient (Wildman–Crippen LogP) is 3.07. The molecule has 0 spiro atoms. The molecule has 0 atom stereocenters. The first-order chi connectivity index (χ1) is 9.29. The van der Waals surface area contributed by atoms with E-state index < -0.39 is 0 Å². The van der Waals surface area contributed by atoms with Crippen molar-refractivity contribution in [3.63, 3.8) is 0 Å². The second-order valence-electron chi connectivity index (χ2n) is 4.81. The molecule has 0 saturated heterocycles. The summed E-state index contributed by atoms with van der Waals surface area (Å²) in [5.74, 6) is 0. The summed E-state index contributed by atoms with van der Waals surface area (Å²) >= 11 is 0. The maximum absolute atomic E-state index is 5.92. The van der Waals surface area contributed by atoms with E-state index in [1.807, 2.05) is 29.3 Å². The second-order valence-corrected chi connectivity index (χ2v) is 4.81. The molecule has 0 bridgehead atoms. The predicted molar refractivity (Wildman–Crippen MR) is 78.0 cm³/mol. The summed E-state index contributed by atoms with van der Waals surface area (Å²) in [5, 5.41) is 1.22. The van der Waals surface area contributed by atoms with E-state index in [1.54, 1.807) is 6.20 Å². The van der Waals surface area contributed by atoms with Crippen LogP contribution in [-0.4, -0.2) is 14.3 Å². The van der Waals surface area contributed by atoms with Gasteiger partial charge in [0.25, 0.3) is 0 Å². The van der Waals surface area contributed by atoms with Crippen molar-refractivity contribution in [2.45, 2.75) is 26.2 Å². The third-order valence-corrected chi connectivity index (χ3v) is 3.38. The highest BCUT2D eigenvalue weighted by Gasteiger charge is 2.10. The number of nitrogens with zero attached hydrogens (tertiary/aromatic N) is 3. The minimum absolute atomic E-state index is 0.786. The Labute approximate surface area is 112 Å². The highest BCUT2D eigenvalue weighted by Crippen LogP contribution is 2.23. The number of hydrogen-bond acceptors (Lipinski definition) is 2. The Morgan fingerprint density at radius 2 is 2.16 bits per heavy atom. The van der Waals surface area contributed by atoms with Crippen molar-refractivity contribution >= 4 is 16.6 Å². The fourth-order valence-electron chi connectivity index (χ4n) is 2.44. The number of fused-ring (bicyclic) bond motifs is 1. The summed E-state index contributed by atoms with van der Waals surface area (Å²) in [4.78, 5) is 4.14.